The van der Waals surface area contributed by atoms with Crippen LogP contribution in [-0.2, 0) is 6.54 Å². The first kappa shape index (κ1) is 16.3. The topological polar surface area (TPSA) is 97.1 Å². The number of nitrogen functional groups attached to an aromatic ring is 1. The smallest absolute Gasteiger partial charge is 0.272 e. The lowest BCUT2D eigenvalue weighted by molar-refractivity contribution is 0.0954. The van der Waals surface area contributed by atoms with Gasteiger partial charge in [-0.3, -0.25) is 9.59 Å². The molecule has 0 aliphatic rings. The normalized spacial score (nSPS) is 10.3. The Morgan fingerprint density at radius 2 is 1.95 bits per heavy atom. The quantitative estimate of drug-likeness (QED) is 0.723. The third-order valence-corrected chi connectivity index (χ3v) is 4.59. The predicted molar refractivity (Wildman–Crippen MR) is 89.3 cm³/mol. The molecule has 1 aromatic heterocycles. The fraction of sp³-hybridized carbons (Fsp3) is 0.214. The SMILES string of the molecule is CNC(=O)c1nsc(C(=O)NCc2ccc(SC)cc2)c1N. The first-order chi connectivity index (χ1) is 10.6. The second kappa shape index (κ2) is 7.28. The molecular formula is C14H16N4O2S2. The zero-order chi connectivity index (χ0) is 16.1. The van der Waals surface area contributed by atoms with Crippen LogP contribution in [0, 0.1) is 0 Å². The van der Waals surface area contributed by atoms with Crippen LogP contribution in [0.25, 0.3) is 0 Å². The molecular weight excluding hydrogens is 320 g/mol. The first-order valence-electron chi connectivity index (χ1n) is 6.45. The van der Waals surface area contributed by atoms with Crippen LogP contribution in [0.3, 0.4) is 0 Å². The summed E-state index contributed by atoms with van der Waals surface area (Å²) < 4.78 is 3.93. The predicted octanol–water partition coefficient (Wildman–Crippen LogP) is 1.74. The summed E-state index contributed by atoms with van der Waals surface area (Å²) >= 11 is 2.58. The molecule has 0 atom stereocenters. The van der Waals surface area contributed by atoms with E-state index in [2.05, 4.69) is 15.0 Å². The molecule has 8 heteroatoms. The van der Waals surface area contributed by atoms with Gasteiger partial charge < -0.3 is 16.4 Å². The number of aromatic nitrogens is 1. The van der Waals surface area contributed by atoms with Crippen LogP contribution in [0.1, 0.15) is 25.7 Å². The summed E-state index contributed by atoms with van der Waals surface area (Å²) in [5.41, 5.74) is 6.99. The second-order valence-electron chi connectivity index (χ2n) is 4.38. The van der Waals surface area contributed by atoms with Crippen LogP contribution in [0.4, 0.5) is 5.69 Å². The highest BCUT2D eigenvalue weighted by Crippen LogP contribution is 2.21. The molecule has 6 nitrogen and oxygen atoms in total. The molecule has 0 fully saturated rings. The van der Waals surface area contributed by atoms with Gasteiger partial charge in [-0.15, -0.1) is 11.8 Å². The number of anilines is 1. The molecule has 0 aliphatic heterocycles. The van der Waals surface area contributed by atoms with Crippen molar-refractivity contribution in [3.05, 3.63) is 40.4 Å². The fourth-order valence-corrected chi connectivity index (χ4v) is 2.87. The van der Waals surface area contributed by atoms with E-state index in [0.29, 0.717) is 6.54 Å². The van der Waals surface area contributed by atoms with Crippen molar-refractivity contribution >= 4 is 40.8 Å². The summed E-state index contributed by atoms with van der Waals surface area (Å²) in [6.45, 7) is 0.389. The Kier molecular flexibility index (Phi) is 5.40. The zero-order valence-electron chi connectivity index (χ0n) is 12.2. The van der Waals surface area contributed by atoms with Gasteiger partial charge in [0.2, 0.25) is 0 Å². The van der Waals surface area contributed by atoms with Gasteiger partial charge in [0.1, 0.15) is 4.88 Å². The minimum atomic E-state index is -0.402. The molecule has 1 aromatic carbocycles. The number of nitrogens with one attached hydrogen (secondary N) is 2. The van der Waals surface area contributed by atoms with E-state index in [1.165, 1.54) is 7.05 Å². The number of hydrogen-bond acceptors (Lipinski definition) is 6. The van der Waals surface area contributed by atoms with Crippen LogP contribution in [-0.4, -0.2) is 29.5 Å². The number of thioether (sulfide) groups is 1. The van der Waals surface area contributed by atoms with Crippen LogP contribution >= 0.6 is 23.3 Å². The lowest BCUT2D eigenvalue weighted by atomic mass is 10.2. The van der Waals surface area contributed by atoms with Gasteiger partial charge in [-0.25, -0.2) is 0 Å². The minimum Gasteiger partial charge on any atom is -0.395 e. The van der Waals surface area contributed by atoms with Crippen molar-refractivity contribution in [1.29, 1.82) is 0 Å². The van der Waals surface area contributed by atoms with E-state index >= 15 is 0 Å². The van der Waals surface area contributed by atoms with Gasteiger partial charge in [0.05, 0.1) is 5.69 Å². The summed E-state index contributed by atoms with van der Waals surface area (Å²) in [6, 6.07) is 7.91. The first-order valence-corrected chi connectivity index (χ1v) is 8.45. The largest absolute Gasteiger partial charge is 0.395 e. The summed E-state index contributed by atoms with van der Waals surface area (Å²) in [6.07, 6.45) is 2.01. The molecule has 0 bridgehead atoms. The average Bonchev–Trinajstić information content (AvgIpc) is 2.94. The molecule has 2 aromatic rings. The van der Waals surface area contributed by atoms with Crippen LogP contribution in [0.15, 0.2) is 29.2 Å². The Hall–Kier alpha value is -2.06. The molecule has 0 spiro atoms. The molecule has 0 saturated heterocycles. The van der Waals surface area contributed by atoms with Gasteiger partial charge in [-0.2, -0.15) is 4.37 Å². The minimum absolute atomic E-state index is 0.0852. The van der Waals surface area contributed by atoms with Gasteiger partial charge in [-0.1, -0.05) is 12.1 Å². The molecule has 22 heavy (non-hydrogen) atoms. The Morgan fingerprint density at radius 3 is 2.55 bits per heavy atom. The lowest BCUT2D eigenvalue weighted by Gasteiger charge is -2.05. The standard InChI is InChI=1S/C14H16N4O2S2/c1-16-13(19)11-10(15)12(22-18-11)14(20)17-7-8-3-5-9(21-2)6-4-8/h3-6H,7,15H2,1-2H3,(H,16,19)(H,17,20). The van der Waals surface area contributed by atoms with E-state index in [1.54, 1.807) is 11.8 Å². The molecule has 0 radical (unpaired) electrons. The number of amides is 2. The maximum absolute atomic E-state index is 12.1. The van der Waals surface area contributed by atoms with E-state index in [9.17, 15) is 9.59 Å². The van der Waals surface area contributed by atoms with Crippen molar-refractivity contribution < 1.29 is 9.59 Å². The molecule has 116 valence electrons. The number of carbonyl (C=O) groups excluding carboxylic acids is 2. The molecule has 0 unspecified atom stereocenters. The lowest BCUT2D eigenvalue weighted by Crippen LogP contribution is -2.24. The van der Waals surface area contributed by atoms with Gasteiger partial charge in [0, 0.05) is 18.5 Å². The van der Waals surface area contributed by atoms with Crippen LogP contribution in [0.5, 0.6) is 0 Å². The number of nitrogens with zero attached hydrogens (tertiary/aromatic N) is 1. The Balaban J connectivity index is 2.03. The number of nitrogens with two attached hydrogens (primary N) is 1. The second-order valence-corrected chi connectivity index (χ2v) is 6.04. The summed E-state index contributed by atoms with van der Waals surface area (Å²) in [5.74, 6) is -0.737. The highest BCUT2D eigenvalue weighted by Gasteiger charge is 2.21. The van der Waals surface area contributed by atoms with Crippen molar-refractivity contribution in [1.82, 2.24) is 15.0 Å². The van der Waals surface area contributed by atoms with Gasteiger partial charge >= 0.3 is 0 Å². The maximum atomic E-state index is 12.1. The van der Waals surface area contributed by atoms with E-state index in [4.69, 9.17) is 5.73 Å². The van der Waals surface area contributed by atoms with E-state index in [-0.39, 0.29) is 22.2 Å². The highest BCUT2D eigenvalue weighted by molar-refractivity contribution is 7.98. The number of carbonyl (C=O) groups is 2. The molecule has 2 rings (SSSR count). The summed E-state index contributed by atoms with van der Waals surface area (Å²) in [7, 11) is 1.49. The summed E-state index contributed by atoms with van der Waals surface area (Å²) in [5, 5.41) is 5.21. The van der Waals surface area contributed by atoms with Crippen LogP contribution in [0.2, 0.25) is 0 Å². The third kappa shape index (κ3) is 3.58. The van der Waals surface area contributed by atoms with Gasteiger partial charge in [0.25, 0.3) is 11.8 Å². The zero-order valence-corrected chi connectivity index (χ0v) is 13.8. The fourth-order valence-electron chi connectivity index (χ4n) is 1.75. The van der Waals surface area contributed by atoms with E-state index in [1.807, 2.05) is 30.5 Å². The molecule has 2 amide bonds. The molecule has 0 saturated carbocycles. The molecule has 1 heterocycles. The van der Waals surface area contributed by atoms with Crippen molar-refractivity contribution in [3.8, 4) is 0 Å². The highest BCUT2D eigenvalue weighted by atomic mass is 32.2. The molecule has 4 N–H and O–H groups in total. The van der Waals surface area contributed by atoms with Crippen molar-refractivity contribution in [2.75, 3.05) is 19.0 Å². The maximum Gasteiger partial charge on any atom is 0.272 e. The number of rotatable bonds is 5. The van der Waals surface area contributed by atoms with Gasteiger partial charge in [-0.05, 0) is 35.5 Å². The van der Waals surface area contributed by atoms with Crippen molar-refractivity contribution in [2.24, 2.45) is 0 Å². The van der Waals surface area contributed by atoms with Crippen molar-refractivity contribution in [2.45, 2.75) is 11.4 Å². The number of hydrogen-bond donors (Lipinski definition) is 3. The average molecular weight is 336 g/mol. The summed E-state index contributed by atoms with van der Waals surface area (Å²) in [4.78, 5) is 25.1. The monoisotopic (exact) mass is 336 g/mol. The number of benzene rings is 1. The van der Waals surface area contributed by atoms with Gasteiger partial charge in [0.15, 0.2) is 5.69 Å². The van der Waals surface area contributed by atoms with E-state index in [0.717, 1.165) is 22.0 Å². The van der Waals surface area contributed by atoms with Crippen LogP contribution < -0.4 is 16.4 Å². The Bertz CT molecular complexity index is 683. The third-order valence-electron chi connectivity index (χ3n) is 2.99. The Labute approximate surface area is 136 Å². The molecule has 0 aliphatic carbocycles. The van der Waals surface area contributed by atoms with Crippen molar-refractivity contribution in [3.63, 3.8) is 0 Å². The Morgan fingerprint density at radius 1 is 1.27 bits per heavy atom. The van der Waals surface area contributed by atoms with E-state index < -0.39 is 5.91 Å².